The topological polar surface area (TPSA) is 50.2 Å². The van der Waals surface area contributed by atoms with E-state index in [4.69, 9.17) is 0 Å². The number of pyridine rings is 1. The number of benzene rings is 2. The second kappa shape index (κ2) is 9.33. The Labute approximate surface area is 207 Å². The van der Waals surface area contributed by atoms with Crippen LogP contribution in [0.3, 0.4) is 0 Å². The van der Waals surface area contributed by atoms with E-state index in [0.717, 1.165) is 34.1 Å². The number of carbonyl (C=O) groups is 1. The molecule has 2 aromatic carbocycles. The van der Waals surface area contributed by atoms with E-state index >= 15 is 0 Å². The number of nitrogens with zero attached hydrogens (tertiary/aromatic N) is 3. The third kappa shape index (κ3) is 4.67. The van der Waals surface area contributed by atoms with Crippen molar-refractivity contribution in [2.75, 3.05) is 18.0 Å². The summed E-state index contributed by atoms with van der Waals surface area (Å²) in [7, 11) is 0. The molecule has 2 aromatic heterocycles. The molecule has 5 nitrogen and oxygen atoms in total. The summed E-state index contributed by atoms with van der Waals surface area (Å²) in [4.78, 5) is 19.6. The van der Waals surface area contributed by atoms with Gasteiger partial charge >= 0.3 is 6.18 Å². The normalized spacial score (nSPS) is 13.6. The molecule has 1 N–H and O–H groups in total. The smallest absolute Gasteiger partial charge is 0.350 e. The second-order valence-electron chi connectivity index (χ2n) is 9.25. The molecule has 0 radical (unpaired) electrons. The summed E-state index contributed by atoms with van der Waals surface area (Å²) in [6, 6.07) is 19.9. The lowest BCUT2D eigenvalue weighted by Crippen LogP contribution is -2.35. The molecule has 0 atom stereocenters. The molecular weight excluding hydrogens is 465 g/mol. The highest BCUT2D eigenvalue weighted by atomic mass is 19.4. The van der Waals surface area contributed by atoms with Gasteiger partial charge in [-0.2, -0.15) is 13.2 Å². The van der Waals surface area contributed by atoms with Crippen molar-refractivity contribution in [1.82, 2.24) is 14.9 Å². The van der Waals surface area contributed by atoms with Crippen LogP contribution in [0.15, 0.2) is 60.7 Å². The number of halogens is 3. The van der Waals surface area contributed by atoms with Gasteiger partial charge in [0.1, 0.15) is 12.2 Å². The predicted molar refractivity (Wildman–Crippen MR) is 134 cm³/mol. The summed E-state index contributed by atoms with van der Waals surface area (Å²) < 4.78 is 40.5. The number of aryl methyl sites for hydroxylation is 1. The number of hydrogen-bond acceptors (Lipinski definition) is 3. The summed E-state index contributed by atoms with van der Waals surface area (Å²) in [5.41, 5.74) is 6.46. The summed E-state index contributed by atoms with van der Waals surface area (Å²) in [5.74, 6) is -0.216. The molecule has 1 aliphatic heterocycles. The molecule has 0 bridgehead atoms. The molecule has 0 saturated carbocycles. The highest BCUT2D eigenvalue weighted by Gasteiger charge is 2.29. The van der Waals surface area contributed by atoms with E-state index in [1.165, 1.54) is 11.1 Å². The average Bonchev–Trinajstić information content (AvgIpc) is 3.11. The van der Waals surface area contributed by atoms with Crippen LogP contribution in [0, 0.1) is 13.8 Å². The van der Waals surface area contributed by atoms with E-state index < -0.39 is 18.6 Å². The van der Waals surface area contributed by atoms with Crippen molar-refractivity contribution < 1.29 is 18.0 Å². The maximum Gasteiger partial charge on any atom is 0.405 e. The van der Waals surface area contributed by atoms with Gasteiger partial charge in [0.2, 0.25) is 0 Å². The summed E-state index contributed by atoms with van der Waals surface area (Å²) in [6.07, 6.45) is -3.67. The Morgan fingerprint density at radius 3 is 2.44 bits per heavy atom. The van der Waals surface area contributed by atoms with Gasteiger partial charge in [-0.25, -0.2) is 4.98 Å². The lowest BCUT2D eigenvalue weighted by molar-refractivity contribution is -0.123. The van der Waals surface area contributed by atoms with Crippen molar-refractivity contribution in [3.63, 3.8) is 0 Å². The first-order chi connectivity index (χ1) is 17.2. The fraction of sp³-hybridized carbons (Fsp3) is 0.286. The van der Waals surface area contributed by atoms with Crippen molar-refractivity contribution in [3.05, 3.63) is 94.3 Å². The highest BCUT2D eigenvalue weighted by molar-refractivity contribution is 6.01. The molecule has 1 amide bonds. The number of hydrogen-bond donors (Lipinski definition) is 1. The van der Waals surface area contributed by atoms with E-state index in [9.17, 15) is 18.0 Å². The van der Waals surface area contributed by atoms with E-state index in [1.807, 2.05) is 49.5 Å². The molecule has 0 unspecified atom stereocenters. The third-order valence-corrected chi connectivity index (χ3v) is 6.89. The Kier molecular flexibility index (Phi) is 6.20. The summed E-state index contributed by atoms with van der Waals surface area (Å²) >= 11 is 0. The molecule has 4 aromatic rings. The zero-order valence-corrected chi connectivity index (χ0v) is 20.2. The van der Waals surface area contributed by atoms with Gasteiger partial charge in [0.15, 0.2) is 5.82 Å². The number of fused-ring (bicyclic) bond motifs is 2. The predicted octanol–water partition coefficient (Wildman–Crippen LogP) is 5.56. The number of carbonyl (C=O) groups excluding carboxylic acids is 1. The minimum atomic E-state index is -4.50. The van der Waals surface area contributed by atoms with E-state index in [-0.39, 0.29) is 5.69 Å². The Morgan fingerprint density at radius 2 is 1.72 bits per heavy atom. The van der Waals surface area contributed by atoms with Gasteiger partial charge in [-0.15, -0.1) is 0 Å². The van der Waals surface area contributed by atoms with Crippen molar-refractivity contribution in [3.8, 4) is 0 Å². The van der Waals surface area contributed by atoms with Crippen LogP contribution < -0.4 is 10.2 Å². The van der Waals surface area contributed by atoms with Gasteiger partial charge in [-0.05, 0) is 48.6 Å². The third-order valence-electron chi connectivity index (χ3n) is 6.89. The highest BCUT2D eigenvalue weighted by Crippen LogP contribution is 2.35. The van der Waals surface area contributed by atoms with Gasteiger partial charge in [-0.1, -0.05) is 54.6 Å². The zero-order chi connectivity index (χ0) is 25.4. The number of alkyl halides is 3. The Bertz CT molecular complexity index is 1430. The molecule has 3 heterocycles. The van der Waals surface area contributed by atoms with Gasteiger partial charge in [0, 0.05) is 30.7 Å². The lowest BCUT2D eigenvalue weighted by Gasteiger charge is -2.31. The zero-order valence-electron chi connectivity index (χ0n) is 20.2. The van der Waals surface area contributed by atoms with Crippen LogP contribution in [0.4, 0.5) is 19.0 Å². The van der Waals surface area contributed by atoms with E-state index in [2.05, 4.69) is 38.7 Å². The Balaban J connectivity index is 1.64. The Morgan fingerprint density at radius 1 is 1.03 bits per heavy atom. The van der Waals surface area contributed by atoms with Gasteiger partial charge < -0.3 is 14.8 Å². The fourth-order valence-corrected chi connectivity index (χ4v) is 4.89. The van der Waals surface area contributed by atoms with Crippen molar-refractivity contribution in [1.29, 1.82) is 0 Å². The molecule has 36 heavy (non-hydrogen) atoms. The number of amides is 1. The van der Waals surface area contributed by atoms with Crippen LogP contribution in [0.5, 0.6) is 0 Å². The van der Waals surface area contributed by atoms with E-state index in [0.29, 0.717) is 25.5 Å². The maximum atomic E-state index is 12.8. The number of nitrogens with one attached hydrogen (secondary N) is 1. The monoisotopic (exact) mass is 492 g/mol. The average molecular weight is 493 g/mol. The molecule has 0 fully saturated rings. The van der Waals surface area contributed by atoms with Crippen LogP contribution in [0.25, 0.3) is 10.9 Å². The summed E-state index contributed by atoms with van der Waals surface area (Å²) in [6.45, 7) is 4.53. The number of rotatable bonds is 5. The lowest BCUT2D eigenvalue weighted by atomic mass is 10.00. The molecule has 186 valence electrons. The van der Waals surface area contributed by atoms with Crippen LogP contribution in [0.2, 0.25) is 0 Å². The minimum Gasteiger partial charge on any atom is -0.350 e. The number of anilines is 1. The van der Waals surface area contributed by atoms with E-state index in [1.54, 1.807) is 6.07 Å². The molecule has 5 rings (SSSR count). The van der Waals surface area contributed by atoms with Gasteiger partial charge in [0.25, 0.3) is 5.91 Å². The SMILES string of the molecule is Cc1c(C)n(Cc2ccccc2)c2c(N3CCc4ccccc4C3)nc(C(=O)NCC(F)(F)F)cc12. The molecule has 1 aliphatic rings. The van der Waals surface area contributed by atoms with Crippen LogP contribution in [0.1, 0.15) is 38.4 Å². The first-order valence-electron chi connectivity index (χ1n) is 11.9. The molecule has 0 aliphatic carbocycles. The van der Waals surface area contributed by atoms with Crippen LogP contribution >= 0.6 is 0 Å². The standard InChI is InChI=1S/C28H27F3N4O/c1-18-19(2)35(15-20-8-4-3-5-9-20)25-23(18)14-24(27(36)32-17-28(29,30)31)33-26(25)34-13-12-21-10-6-7-11-22(21)16-34/h3-11,14H,12-13,15-17H2,1-2H3,(H,32,36). The van der Waals surface area contributed by atoms with Crippen molar-refractivity contribution in [2.24, 2.45) is 0 Å². The fourth-order valence-electron chi connectivity index (χ4n) is 4.89. The summed E-state index contributed by atoms with van der Waals surface area (Å²) in [5, 5.41) is 2.80. The maximum absolute atomic E-state index is 12.8. The van der Waals surface area contributed by atoms with Crippen LogP contribution in [-0.4, -0.2) is 34.7 Å². The van der Waals surface area contributed by atoms with Crippen molar-refractivity contribution >= 4 is 22.6 Å². The molecule has 8 heteroatoms. The molecular formula is C28H27F3N4O. The quantitative estimate of drug-likeness (QED) is 0.397. The van der Waals surface area contributed by atoms with Crippen LogP contribution in [-0.2, 0) is 19.5 Å². The first kappa shape index (κ1) is 23.9. The van der Waals surface area contributed by atoms with Crippen molar-refractivity contribution in [2.45, 2.75) is 39.5 Å². The molecule has 0 saturated heterocycles. The molecule has 0 spiro atoms. The van der Waals surface area contributed by atoms with Gasteiger partial charge in [-0.3, -0.25) is 4.79 Å². The Hall–Kier alpha value is -3.81. The minimum absolute atomic E-state index is 0.0134. The second-order valence-corrected chi connectivity index (χ2v) is 9.25. The number of aromatic nitrogens is 2. The van der Waals surface area contributed by atoms with Gasteiger partial charge in [0.05, 0.1) is 5.52 Å². The largest absolute Gasteiger partial charge is 0.405 e. The first-order valence-corrected chi connectivity index (χ1v) is 11.9.